The monoisotopic (exact) mass is 324 g/mol. The second-order valence-electron chi connectivity index (χ2n) is 6.59. The molecule has 0 saturated heterocycles. The summed E-state index contributed by atoms with van der Waals surface area (Å²) in [5.74, 6) is 0.215. The number of nitrogens with two attached hydrogens (primary N) is 1. The first-order valence-electron chi connectivity index (χ1n) is 8.41. The summed E-state index contributed by atoms with van der Waals surface area (Å²) in [6, 6.07) is 10.9. The van der Waals surface area contributed by atoms with E-state index in [0.29, 0.717) is 6.42 Å². The van der Waals surface area contributed by atoms with Gasteiger partial charge in [0.25, 0.3) is 0 Å². The zero-order valence-electron chi connectivity index (χ0n) is 14.2. The molecule has 2 aromatic rings. The van der Waals surface area contributed by atoms with E-state index >= 15 is 0 Å². The molecule has 0 fully saturated rings. The summed E-state index contributed by atoms with van der Waals surface area (Å²) in [7, 11) is 0. The standard InChI is InChI=1S/C20H24N2O2/c1-13-10-16(23)11-14(2)17(13)12-18(21)20(24)22-9-5-7-15-6-3-4-8-19(15)22/h3-4,6,8,10-11,18,23H,5,7,9,12,21H2,1-2H3/t18-/m1/s1. The molecule has 1 amide bonds. The van der Waals surface area contributed by atoms with Gasteiger partial charge in [0.2, 0.25) is 5.91 Å². The minimum atomic E-state index is -0.585. The Labute approximate surface area is 142 Å². The van der Waals surface area contributed by atoms with Crippen LogP contribution in [0.1, 0.15) is 28.7 Å². The number of para-hydroxylation sites is 1. The van der Waals surface area contributed by atoms with Gasteiger partial charge in [-0.2, -0.15) is 0 Å². The Morgan fingerprint density at radius 1 is 1.25 bits per heavy atom. The van der Waals surface area contributed by atoms with Crippen LogP contribution < -0.4 is 10.6 Å². The van der Waals surface area contributed by atoms with Gasteiger partial charge in [0.05, 0.1) is 6.04 Å². The summed E-state index contributed by atoms with van der Waals surface area (Å²) >= 11 is 0. The Kier molecular flexibility index (Phi) is 4.58. The number of phenolic OH excluding ortho intramolecular Hbond substituents is 1. The SMILES string of the molecule is Cc1cc(O)cc(C)c1C[C@@H](N)C(=O)N1CCCc2ccccc21. The first-order valence-corrected chi connectivity index (χ1v) is 8.41. The maximum Gasteiger partial charge on any atom is 0.244 e. The number of aryl methyl sites for hydroxylation is 3. The number of hydrogen-bond acceptors (Lipinski definition) is 3. The highest BCUT2D eigenvalue weighted by Crippen LogP contribution is 2.28. The number of nitrogens with zero attached hydrogens (tertiary/aromatic N) is 1. The number of benzene rings is 2. The number of carbonyl (C=O) groups excluding carboxylic acids is 1. The van der Waals surface area contributed by atoms with Crippen LogP contribution in [0.5, 0.6) is 5.75 Å². The van der Waals surface area contributed by atoms with E-state index in [0.717, 1.165) is 41.8 Å². The van der Waals surface area contributed by atoms with Crippen LogP contribution in [-0.2, 0) is 17.6 Å². The lowest BCUT2D eigenvalue weighted by atomic mass is 9.94. The minimum Gasteiger partial charge on any atom is -0.508 e. The number of anilines is 1. The van der Waals surface area contributed by atoms with E-state index in [1.54, 1.807) is 12.1 Å². The summed E-state index contributed by atoms with van der Waals surface area (Å²) in [4.78, 5) is 14.7. The maximum absolute atomic E-state index is 12.9. The molecule has 0 unspecified atom stereocenters. The average molecular weight is 324 g/mol. The Balaban J connectivity index is 1.82. The van der Waals surface area contributed by atoms with Crippen molar-refractivity contribution in [2.75, 3.05) is 11.4 Å². The van der Waals surface area contributed by atoms with Crippen LogP contribution in [0.3, 0.4) is 0 Å². The fraction of sp³-hybridized carbons (Fsp3) is 0.350. The largest absolute Gasteiger partial charge is 0.508 e. The topological polar surface area (TPSA) is 66.6 Å². The van der Waals surface area contributed by atoms with E-state index < -0.39 is 6.04 Å². The highest BCUT2D eigenvalue weighted by Gasteiger charge is 2.27. The molecule has 24 heavy (non-hydrogen) atoms. The molecule has 0 radical (unpaired) electrons. The molecule has 0 spiro atoms. The van der Waals surface area contributed by atoms with Crippen LogP contribution in [0, 0.1) is 13.8 Å². The average Bonchev–Trinajstić information content (AvgIpc) is 2.56. The lowest BCUT2D eigenvalue weighted by Gasteiger charge is -2.31. The van der Waals surface area contributed by atoms with Gasteiger partial charge in [0.1, 0.15) is 5.75 Å². The van der Waals surface area contributed by atoms with Crippen molar-refractivity contribution in [2.45, 2.75) is 39.2 Å². The Morgan fingerprint density at radius 2 is 1.92 bits per heavy atom. The number of amides is 1. The summed E-state index contributed by atoms with van der Waals surface area (Å²) in [6.07, 6.45) is 2.45. The molecule has 126 valence electrons. The third-order valence-electron chi connectivity index (χ3n) is 4.80. The van der Waals surface area contributed by atoms with E-state index in [2.05, 4.69) is 6.07 Å². The van der Waals surface area contributed by atoms with E-state index in [9.17, 15) is 9.90 Å². The summed E-state index contributed by atoms with van der Waals surface area (Å²) in [6.45, 7) is 4.60. The van der Waals surface area contributed by atoms with E-state index in [-0.39, 0.29) is 11.7 Å². The maximum atomic E-state index is 12.9. The Hall–Kier alpha value is -2.33. The molecule has 0 saturated carbocycles. The first kappa shape index (κ1) is 16.5. The number of carbonyl (C=O) groups is 1. The smallest absolute Gasteiger partial charge is 0.244 e. The molecular formula is C20H24N2O2. The minimum absolute atomic E-state index is 0.0333. The molecule has 0 bridgehead atoms. The fourth-order valence-corrected chi connectivity index (χ4v) is 3.56. The number of aromatic hydroxyl groups is 1. The molecule has 4 nitrogen and oxygen atoms in total. The second kappa shape index (κ2) is 6.65. The fourth-order valence-electron chi connectivity index (χ4n) is 3.56. The van der Waals surface area contributed by atoms with Crippen LogP contribution in [0.15, 0.2) is 36.4 Å². The van der Waals surface area contributed by atoms with Crippen molar-refractivity contribution in [2.24, 2.45) is 5.73 Å². The van der Waals surface area contributed by atoms with Crippen molar-refractivity contribution in [3.8, 4) is 5.75 Å². The van der Waals surface area contributed by atoms with Gasteiger partial charge in [-0.15, -0.1) is 0 Å². The molecule has 0 aromatic heterocycles. The van der Waals surface area contributed by atoms with Crippen LogP contribution in [0.4, 0.5) is 5.69 Å². The molecule has 3 N–H and O–H groups in total. The predicted octanol–water partition coefficient (Wildman–Crippen LogP) is 2.86. The van der Waals surface area contributed by atoms with Gasteiger partial charge in [-0.05, 0) is 73.6 Å². The Bertz CT molecular complexity index is 747. The van der Waals surface area contributed by atoms with Crippen LogP contribution >= 0.6 is 0 Å². The first-order chi connectivity index (χ1) is 11.5. The van der Waals surface area contributed by atoms with Crippen LogP contribution in [0.25, 0.3) is 0 Å². The normalized spacial score (nSPS) is 15.0. The van der Waals surface area contributed by atoms with Gasteiger partial charge in [0.15, 0.2) is 0 Å². The van der Waals surface area contributed by atoms with Crippen LogP contribution in [0.2, 0.25) is 0 Å². The highest BCUT2D eigenvalue weighted by atomic mass is 16.3. The van der Waals surface area contributed by atoms with Crippen molar-refractivity contribution < 1.29 is 9.90 Å². The van der Waals surface area contributed by atoms with Gasteiger partial charge in [0, 0.05) is 12.2 Å². The molecular weight excluding hydrogens is 300 g/mol. The van der Waals surface area contributed by atoms with Gasteiger partial charge in [-0.3, -0.25) is 4.79 Å². The Morgan fingerprint density at radius 3 is 2.62 bits per heavy atom. The van der Waals surface area contributed by atoms with Crippen LogP contribution in [-0.4, -0.2) is 23.6 Å². The van der Waals surface area contributed by atoms with Crippen molar-refractivity contribution in [1.29, 1.82) is 0 Å². The number of fused-ring (bicyclic) bond motifs is 1. The summed E-state index contributed by atoms with van der Waals surface area (Å²) in [5.41, 5.74) is 11.4. The molecule has 0 aliphatic carbocycles. The molecule has 4 heteroatoms. The van der Waals surface area contributed by atoms with Crippen molar-refractivity contribution >= 4 is 11.6 Å². The summed E-state index contributed by atoms with van der Waals surface area (Å²) in [5, 5.41) is 9.67. The van der Waals surface area contributed by atoms with E-state index in [4.69, 9.17) is 5.73 Å². The number of phenols is 1. The van der Waals surface area contributed by atoms with Gasteiger partial charge in [-0.1, -0.05) is 18.2 Å². The lowest BCUT2D eigenvalue weighted by Crippen LogP contribution is -2.47. The molecule has 3 rings (SSSR count). The molecule has 1 aliphatic heterocycles. The van der Waals surface area contributed by atoms with Crippen molar-refractivity contribution in [3.63, 3.8) is 0 Å². The second-order valence-corrected chi connectivity index (χ2v) is 6.59. The molecule has 2 aromatic carbocycles. The third-order valence-corrected chi connectivity index (χ3v) is 4.80. The molecule has 1 aliphatic rings. The third kappa shape index (κ3) is 3.15. The lowest BCUT2D eigenvalue weighted by molar-refractivity contribution is -0.119. The van der Waals surface area contributed by atoms with E-state index in [1.165, 1.54) is 5.56 Å². The van der Waals surface area contributed by atoms with E-state index in [1.807, 2.05) is 36.9 Å². The number of hydrogen-bond donors (Lipinski definition) is 2. The van der Waals surface area contributed by atoms with Gasteiger partial charge >= 0.3 is 0 Å². The highest BCUT2D eigenvalue weighted by molar-refractivity contribution is 5.98. The zero-order chi connectivity index (χ0) is 17.3. The quantitative estimate of drug-likeness (QED) is 0.912. The predicted molar refractivity (Wildman–Crippen MR) is 96.4 cm³/mol. The summed E-state index contributed by atoms with van der Waals surface area (Å²) < 4.78 is 0. The molecule has 1 atom stereocenters. The van der Waals surface area contributed by atoms with Crippen molar-refractivity contribution in [3.05, 3.63) is 58.7 Å². The van der Waals surface area contributed by atoms with Crippen molar-refractivity contribution in [1.82, 2.24) is 0 Å². The zero-order valence-corrected chi connectivity index (χ0v) is 14.2. The number of rotatable bonds is 3. The van der Waals surface area contributed by atoms with Gasteiger partial charge in [-0.25, -0.2) is 0 Å². The molecule has 1 heterocycles. The van der Waals surface area contributed by atoms with Gasteiger partial charge < -0.3 is 15.7 Å².